The second-order valence-corrected chi connectivity index (χ2v) is 7.65. The summed E-state index contributed by atoms with van der Waals surface area (Å²) in [6, 6.07) is 18.0. The molecule has 0 saturated carbocycles. The summed E-state index contributed by atoms with van der Waals surface area (Å²) < 4.78 is 16.3. The molecule has 0 aromatic heterocycles. The first kappa shape index (κ1) is 21.8. The van der Waals surface area contributed by atoms with Crippen molar-refractivity contribution < 1.29 is 19.0 Å². The Balaban J connectivity index is 1.21. The maximum absolute atomic E-state index is 12.0. The number of hydrogen-bond acceptors (Lipinski definition) is 6. The van der Waals surface area contributed by atoms with Crippen LogP contribution in [0.3, 0.4) is 0 Å². The summed E-state index contributed by atoms with van der Waals surface area (Å²) in [5.41, 5.74) is 4.89. The van der Waals surface area contributed by atoms with Gasteiger partial charge in [0.1, 0.15) is 12.4 Å². The van der Waals surface area contributed by atoms with E-state index in [0.717, 1.165) is 16.8 Å². The van der Waals surface area contributed by atoms with Gasteiger partial charge >= 0.3 is 0 Å². The van der Waals surface area contributed by atoms with Crippen molar-refractivity contribution in [2.45, 2.75) is 6.61 Å². The average Bonchev–Trinajstić information content (AvgIpc) is 3.26. The van der Waals surface area contributed by atoms with Crippen molar-refractivity contribution in [2.24, 2.45) is 5.10 Å². The Kier molecular flexibility index (Phi) is 6.99. The van der Waals surface area contributed by atoms with E-state index < -0.39 is 0 Å². The number of anilines is 1. The minimum atomic E-state index is -0.279. The normalized spacial score (nSPS) is 12.1. The fourth-order valence-corrected chi connectivity index (χ4v) is 3.32. The molecule has 7 nitrogen and oxygen atoms in total. The molecule has 0 bridgehead atoms. The fourth-order valence-electron chi connectivity index (χ4n) is 2.86. The number of hydrazone groups is 1. The van der Waals surface area contributed by atoms with Gasteiger partial charge in [0.25, 0.3) is 5.91 Å². The largest absolute Gasteiger partial charge is 0.489 e. The van der Waals surface area contributed by atoms with Crippen LogP contribution in [0.2, 0.25) is 10.0 Å². The van der Waals surface area contributed by atoms with Gasteiger partial charge in [0.2, 0.25) is 6.79 Å². The molecule has 164 valence electrons. The number of rotatable bonds is 8. The molecule has 3 aromatic rings. The van der Waals surface area contributed by atoms with E-state index in [1.54, 1.807) is 30.5 Å². The molecule has 1 heterocycles. The summed E-state index contributed by atoms with van der Waals surface area (Å²) in [5, 5.41) is 8.13. The van der Waals surface area contributed by atoms with Gasteiger partial charge in [-0.15, -0.1) is 0 Å². The lowest BCUT2D eigenvalue weighted by Gasteiger charge is -2.08. The maximum atomic E-state index is 12.0. The molecule has 1 amide bonds. The van der Waals surface area contributed by atoms with Gasteiger partial charge in [-0.25, -0.2) is 5.43 Å². The van der Waals surface area contributed by atoms with Crippen LogP contribution in [-0.4, -0.2) is 25.5 Å². The van der Waals surface area contributed by atoms with E-state index in [4.69, 9.17) is 37.4 Å². The van der Waals surface area contributed by atoms with Gasteiger partial charge in [-0.1, -0.05) is 29.3 Å². The minimum Gasteiger partial charge on any atom is -0.489 e. The highest BCUT2D eigenvalue weighted by molar-refractivity contribution is 6.35. The number of benzene rings is 3. The quantitative estimate of drug-likeness (QED) is 0.362. The molecule has 0 fully saturated rings. The average molecular weight is 472 g/mol. The third-order valence-electron chi connectivity index (χ3n) is 4.52. The molecule has 0 atom stereocenters. The van der Waals surface area contributed by atoms with Crippen LogP contribution in [0.4, 0.5) is 5.69 Å². The van der Waals surface area contributed by atoms with E-state index in [9.17, 15) is 4.79 Å². The lowest BCUT2D eigenvalue weighted by atomic mass is 10.2. The van der Waals surface area contributed by atoms with Crippen LogP contribution in [0.1, 0.15) is 11.1 Å². The van der Waals surface area contributed by atoms with E-state index in [1.165, 1.54) is 0 Å². The number of ether oxygens (including phenoxy) is 3. The molecule has 1 aliphatic heterocycles. The predicted molar refractivity (Wildman–Crippen MR) is 124 cm³/mol. The second kappa shape index (κ2) is 10.3. The number of nitrogens with one attached hydrogen (secondary N) is 2. The van der Waals surface area contributed by atoms with Crippen molar-refractivity contribution in [2.75, 3.05) is 18.7 Å². The summed E-state index contributed by atoms with van der Waals surface area (Å²) in [6.45, 7) is 0.602. The van der Waals surface area contributed by atoms with Crippen LogP contribution in [0.25, 0.3) is 0 Å². The molecule has 32 heavy (non-hydrogen) atoms. The molecule has 9 heteroatoms. The molecule has 0 unspecified atom stereocenters. The van der Waals surface area contributed by atoms with Crippen molar-refractivity contribution in [3.05, 3.63) is 81.8 Å². The molecule has 4 rings (SSSR count). The SMILES string of the molecule is O=C(CNc1ccc2c(c1)OCO2)N/N=C\c1ccc(OCc2ccc(Cl)cc2Cl)cc1. The van der Waals surface area contributed by atoms with Crippen LogP contribution >= 0.6 is 23.2 Å². The Hall–Kier alpha value is -3.42. The number of carbonyl (C=O) groups excluding carboxylic acids is 1. The summed E-state index contributed by atoms with van der Waals surface area (Å²) >= 11 is 12.1. The Bertz CT molecular complexity index is 1140. The zero-order chi connectivity index (χ0) is 22.3. The van der Waals surface area contributed by atoms with Crippen molar-refractivity contribution in [3.63, 3.8) is 0 Å². The topological polar surface area (TPSA) is 81.2 Å². The highest BCUT2D eigenvalue weighted by Gasteiger charge is 2.13. The Morgan fingerprint density at radius 1 is 1.03 bits per heavy atom. The summed E-state index contributed by atoms with van der Waals surface area (Å²) in [5.74, 6) is 1.75. The molecule has 0 saturated heterocycles. The zero-order valence-corrected chi connectivity index (χ0v) is 18.3. The zero-order valence-electron chi connectivity index (χ0n) is 16.8. The fraction of sp³-hybridized carbons (Fsp3) is 0.130. The number of halogens is 2. The van der Waals surface area contributed by atoms with Crippen molar-refractivity contribution in [3.8, 4) is 17.2 Å². The van der Waals surface area contributed by atoms with Crippen molar-refractivity contribution in [1.82, 2.24) is 5.43 Å². The van der Waals surface area contributed by atoms with E-state index in [2.05, 4.69) is 15.8 Å². The third-order valence-corrected chi connectivity index (χ3v) is 5.11. The first-order valence-electron chi connectivity index (χ1n) is 9.69. The summed E-state index contributed by atoms with van der Waals surface area (Å²) in [4.78, 5) is 12.0. The lowest BCUT2D eigenvalue weighted by Crippen LogP contribution is -2.25. The molecule has 2 N–H and O–H groups in total. The highest BCUT2D eigenvalue weighted by atomic mass is 35.5. The van der Waals surface area contributed by atoms with Crippen LogP contribution in [0.5, 0.6) is 17.2 Å². The van der Waals surface area contributed by atoms with Crippen LogP contribution in [0, 0.1) is 0 Å². The molecule has 0 aliphatic carbocycles. The molecular weight excluding hydrogens is 453 g/mol. The number of nitrogens with zero attached hydrogens (tertiary/aromatic N) is 1. The Morgan fingerprint density at radius 3 is 2.66 bits per heavy atom. The summed E-state index contributed by atoms with van der Waals surface area (Å²) in [7, 11) is 0. The number of fused-ring (bicyclic) bond motifs is 1. The summed E-state index contributed by atoms with van der Waals surface area (Å²) in [6.07, 6.45) is 1.55. The van der Waals surface area contributed by atoms with Gasteiger partial charge in [0, 0.05) is 27.4 Å². The smallest absolute Gasteiger partial charge is 0.259 e. The van der Waals surface area contributed by atoms with E-state index in [0.29, 0.717) is 33.9 Å². The number of carbonyl (C=O) groups is 1. The first-order valence-corrected chi connectivity index (χ1v) is 10.4. The van der Waals surface area contributed by atoms with Gasteiger partial charge in [-0.2, -0.15) is 5.10 Å². The van der Waals surface area contributed by atoms with Gasteiger partial charge in [0.15, 0.2) is 11.5 Å². The Morgan fingerprint density at radius 2 is 1.84 bits per heavy atom. The molecule has 3 aromatic carbocycles. The minimum absolute atomic E-state index is 0.0665. The van der Waals surface area contributed by atoms with Gasteiger partial charge in [0.05, 0.1) is 12.8 Å². The van der Waals surface area contributed by atoms with Crippen LogP contribution in [0.15, 0.2) is 65.8 Å². The monoisotopic (exact) mass is 471 g/mol. The lowest BCUT2D eigenvalue weighted by molar-refractivity contribution is -0.119. The van der Waals surface area contributed by atoms with E-state index >= 15 is 0 Å². The first-order chi connectivity index (χ1) is 15.6. The Labute approximate surface area is 194 Å². The van der Waals surface area contributed by atoms with E-state index in [1.807, 2.05) is 36.4 Å². The van der Waals surface area contributed by atoms with Gasteiger partial charge in [-0.3, -0.25) is 4.79 Å². The standard InChI is InChI=1S/C23H19Cl2N3O4/c24-17-4-3-16(20(25)9-17)13-30-19-6-1-15(2-7-19)11-27-28-23(29)12-26-18-5-8-21-22(10-18)32-14-31-21/h1-11,26H,12-14H2,(H,28,29)/b27-11-. The van der Waals surface area contributed by atoms with Gasteiger partial charge < -0.3 is 19.5 Å². The molecule has 1 aliphatic rings. The highest BCUT2D eigenvalue weighted by Crippen LogP contribution is 2.34. The van der Waals surface area contributed by atoms with Crippen molar-refractivity contribution >= 4 is 41.0 Å². The van der Waals surface area contributed by atoms with Gasteiger partial charge in [-0.05, 0) is 54.1 Å². The van der Waals surface area contributed by atoms with Crippen LogP contribution < -0.4 is 25.0 Å². The van der Waals surface area contributed by atoms with Crippen LogP contribution in [-0.2, 0) is 11.4 Å². The molecular formula is C23H19Cl2N3O4. The van der Waals surface area contributed by atoms with Crippen molar-refractivity contribution in [1.29, 1.82) is 0 Å². The third kappa shape index (κ3) is 5.84. The number of amides is 1. The van der Waals surface area contributed by atoms with E-state index in [-0.39, 0.29) is 19.2 Å². The second-order valence-electron chi connectivity index (χ2n) is 6.81. The molecule has 0 spiro atoms. The molecule has 0 radical (unpaired) electrons. The maximum Gasteiger partial charge on any atom is 0.259 e. The predicted octanol–water partition coefficient (Wildman–Crippen LogP) is 4.86. The number of hydrogen-bond donors (Lipinski definition) is 2.